The lowest BCUT2D eigenvalue weighted by Crippen LogP contribution is -2.07. The third kappa shape index (κ3) is 4.35. The van der Waals surface area contributed by atoms with Gasteiger partial charge in [-0.1, -0.05) is 18.2 Å². The number of nitrogens with zero attached hydrogens (tertiary/aromatic N) is 3. The molecule has 0 amide bonds. The van der Waals surface area contributed by atoms with Crippen LogP contribution in [0.15, 0.2) is 48.8 Å². The van der Waals surface area contributed by atoms with E-state index in [0.29, 0.717) is 5.75 Å². The predicted molar refractivity (Wildman–Crippen MR) is 98.4 cm³/mol. The standard InChI is InChI=1S/C19H17FN4O3/c1-12-3-8-16(9-13(12)2)27-19-17(24(25)26)18(22-11-23-19)21-10-14-4-6-15(20)7-5-14/h3-9,11H,10H2,1-2H3,(H,21,22,23). The van der Waals surface area contributed by atoms with Crippen LogP contribution < -0.4 is 10.1 Å². The highest BCUT2D eigenvalue weighted by Crippen LogP contribution is 2.34. The third-order valence-electron chi connectivity index (χ3n) is 4.04. The van der Waals surface area contributed by atoms with E-state index in [1.807, 2.05) is 19.9 Å². The summed E-state index contributed by atoms with van der Waals surface area (Å²) in [6.45, 7) is 4.12. The van der Waals surface area contributed by atoms with Crippen LogP contribution in [0.2, 0.25) is 0 Å². The Hall–Kier alpha value is -3.55. The topological polar surface area (TPSA) is 90.2 Å². The Morgan fingerprint density at radius 1 is 1.11 bits per heavy atom. The van der Waals surface area contributed by atoms with E-state index >= 15 is 0 Å². The van der Waals surface area contributed by atoms with Crippen molar-refractivity contribution in [3.63, 3.8) is 0 Å². The average Bonchev–Trinajstić information content (AvgIpc) is 2.64. The second kappa shape index (κ2) is 7.77. The van der Waals surface area contributed by atoms with Gasteiger partial charge < -0.3 is 10.1 Å². The molecule has 1 heterocycles. The first-order chi connectivity index (χ1) is 12.9. The number of benzene rings is 2. The summed E-state index contributed by atoms with van der Waals surface area (Å²) in [5.41, 5.74) is 2.47. The fraction of sp³-hybridized carbons (Fsp3) is 0.158. The second-order valence-electron chi connectivity index (χ2n) is 5.96. The molecule has 0 atom stereocenters. The Morgan fingerprint density at radius 2 is 1.85 bits per heavy atom. The SMILES string of the molecule is Cc1ccc(Oc2ncnc(NCc3ccc(F)cc3)c2[N+](=O)[O-])cc1C. The van der Waals surface area contributed by atoms with Gasteiger partial charge in [0.2, 0.25) is 5.82 Å². The van der Waals surface area contributed by atoms with Crippen molar-refractivity contribution in [1.29, 1.82) is 0 Å². The van der Waals surface area contributed by atoms with Crippen LogP contribution in [-0.2, 0) is 6.54 Å². The minimum absolute atomic E-state index is 0.0261. The molecular weight excluding hydrogens is 351 g/mol. The molecule has 0 radical (unpaired) electrons. The molecular formula is C19H17FN4O3. The summed E-state index contributed by atoms with van der Waals surface area (Å²) in [5.74, 6) is -0.0294. The maximum absolute atomic E-state index is 13.0. The highest BCUT2D eigenvalue weighted by Gasteiger charge is 2.25. The number of aryl methyl sites for hydroxylation is 2. The zero-order valence-electron chi connectivity index (χ0n) is 14.8. The largest absolute Gasteiger partial charge is 0.434 e. The molecule has 27 heavy (non-hydrogen) atoms. The molecule has 8 heteroatoms. The molecule has 0 aliphatic rings. The predicted octanol–water partition coefficient (Wildman–Crippen LogP) is 4.55. The first-order valence-electron chi connectivity index (χ1n) is 8.17. The Morgan fingerprint density at radius 3 is 2.52 bits per heavy atom. The normalized spacial score (nSPS) is 10.5. The molecule has 0 saturated carbocycles. The van der Waals surface area contributed by atoms with Crippen molar-refractivity contribution in [2.45, 2.75) is 20.4 Å². The highest BCUT2D eigenvalue weighted by molar-refractivity contribution is 5.62. The first-order valence-corrected chi connectivity index (χ1v) is 8.17. The van der Waals surface area contributed by atoms with E-state index in [0.717, 1.165) is 16.7 Å². The molecule has 0 bridgehead atoms. The van der Waals surface area contributed by atoms with Crippen LogP contribution in [0.3, 0.4) is 0 Å². The number of nitrogens with one attached hydrogen (secondary N) is 1. The zero-order chi connectivity index (χ0) is 19.4. The van der Waals surface area contributed by atoms with Crippen LogP contribution in [0.4, 0.5) is 15.9 Å². The van der Waals surface area contributed by atoms with Crippen molar-refractivity contribution in [3.8, 4) is 11.6 Å². The van der Waals surface area contributed by atoms with E-state index in [1.54, 1.807) is 24.3 Å². The van der Waals surface area contributed by atoms with Gasteiger partial charge in [-0.2, -0.15) is 4.98 Å². The van der Waals surface area contributed by atoms with Crippen molar-refractivity contribution in [1.82, 2.24) is 9.97 Å². The fourth-order valence-corrected chi connectivity index (χ4v) is 2.41. The first kappa shape index (κ1) is 18.2. The smallest absolute Gasteiger partial charge is 0.373 e. The van der Waals surface area contributed by atoms with Gasteiger partial charge in [-0.15, -0.1) is 0 Å². The Balaban J connectivity index is 1.86. The summed E-state index contributed by atoms with van der Waals surface area (Å²) in [6, 6.07) is 11.2. The summed E-state index contributed by atoms with van der Waals surface area (Å²) in [4.78, 5) is 18.8. The lowest BCUT2D eigenvalue weighted by Gasteiger charge is -2.10. The molecule has 0 saturated heterocycles. The van der Waals surface area contributed by atoms with Crippen LogP contribution in [0, 0.1) is 29.8 Å². The van der Waals surface area contributed by atoms with E-state index in [4.69, 9.17) is 4.74 Å². The van der Waals surface area contributed by atoms with Gasteiger partial charge in [-0.25, -0.2) is 9.37 Å². The monoisotopic (exact) mass is 368 g/mol. The summed E-state index contributed by atoms with van der Waals surface area (Å²) >= 11 is 0. The Kier molecular flexibility index (Phi) is 5.25. The lowest BCUT2D eigenvalue weighted by atomic mass is 10.1. The quantitative estimate of drug-likeness (QED) is 0.507. The minimum Gasteiger partial charge on any atom is -0.434 e. The molecule has 2 aromatic carbocycles. The third-order valence-corrected chi connectivity index (χ3v) is 4.04. The molecule has 0 spiro atoms. The van der Waals surface area contributed by atoms with Crippen LogP contribution in [0.5, 0.6) is 11.6 Å². The number of rotatable bonds is 6. The lowest BCUT2D eigenvalue weighted by molar-refractivity contribution is -0.385. The van der Waals surface area contributed by atoms with E-state index in [-0.39, 0.29) is 29.7 Å². The van der Waals surface area contributed by atoms with Crippen molar-refractivity contribution < 1.29 is 14.1 Å². The van der Waals surface area contributed by atoms with E-state index in [1.165, 1.54) is 18.5 Å². The van der Waals surface area contributed by atoms with E-state index in [9.17, 15) is 14.5 Å². The molecule has 0 aliphatic carbocycles. The van der Waals surface area contributed by atoms with Gasteiger partial charge >= 0.3 is 11.6 Å². The molecule has 1 aromatic heterocycles. The Labute approximate surface area is 155 Å². The number of aromatic nitrogens is 2. The molecule has 0 fully saturated rings. The molecule has 138 valence electrons. The summed E-state index contributed by atoms with van der Waals surface area (Å²) < 4.78 is 18.6. The van der Waals surface area contributed by atoms with Crippen molar-refractivity contribution in [3.05, 3.63) is 81.4 Å². The number of halogens is 1. The number of anilines is 1. The maximum Gasteiger partial charge on any atom is 0.373 e. The number of nitro groups is 1. The van der Waals surface area contributed by atoms with Gasteiger partial charge in [-0.3, -0.25) is 10.1 Å². The second-order valence-corrected chi connectivity index (χ2v) is 5.96. The fourth-order valence-electron chi connectivity index (χ4n) is 2.41. The summed E-state index contributed by atoms with van der Waals surface area (Å²) in [6.07, 6.45) is 1.19. The van der Waals surface area contributed by atoms with Crippen molar-refractivity contribution in [2.24, 2.45) is 0 Å². The van der Waals surface area contributed by atoms with E-state index in [2.05, 4.69) is 15.3 Å². The molecule has 0 unspecified atom stereocenters. The highest BCUT2D eigenvalue weighted by atomic mass is 19.1. The molecule has 1 N–H and O–H groups in total. The van der Waals surface area contributed by atoms with Gasteiger partial charge in [0, 0.05) is 6.54 Å². The number of hydrogen-bond acceptors (Lipinski definition) is 6. The van der Waals surface area contributed by atoms with Crippen LogP contribution in [0.25, 0.3) is 0 Å². The van der Waals surface area contributed by atoms with Crippen LogP contribution in [-0.4, -0.2) is 14.9 Å². The summed E-state index contributed by atoms with van der Waals surface area (Å²) in [5, 5.41) is 14.4. The maximum atomic E-state index is 13.0. The number of hydrogen-bond donors (Lipinski definition) is 1. The average molecular weight is 368 g/mol. The van der Waals surface area contributed by atoms with Gasteiger partial charge in [0.1, 0.15) is 17.9 Å². The number of ether oxygens (including phenoxy) is 1. The Bertz CT molecular complexity index is 977. The van der Waals surface area contributed by atoms with Gasteiger partial charge in [0.05, 0.1) is 4.92 Å². The van der Waals surface area contributed by atoms with Crippen molar-refractivity contribution >= 4 is 11.5 Å². The molecule has 3 aromatic rings. The van der Waals surface area contributed by atoms with Crippen molar-refractivity contribution in [2.75, 3.05) is 5.32 Å². The van der Waals surface area contributed by atoms with E-state index < -0.39 is 4.92 Å². The van der Waals surface area contributed by atoms with Crippen LogP contribution in [0.1, 0.15) is 16.7 Å². The van der Waals surface area contributed by atoms with Gasteiger partial charge in [0.15, 0.2) is 0 Å². The molecule has 3 rings (SSSR count). The van der Waals surface area contributed by atoms with Gasteiger partial charge in [-0.05, 0) is 54.8 Å². The zero-order valence-corrected chi connectivity index (χ0v) is 14.8. The molecule has 7 nitrogen and oxygen atoms in total. The minimum atomic E-state index is -0.594. The molecule has 0 aliphatic heterocycles. The van der Waals surface area contributed by atoms with Gasteiger partial charge in [0.25, 0.3) is 0 Å². The van der Waals surface area contributed by atoms with Crippen LogP contribution >= 0.6 is 0 Å². The summed E-state index contributed by atoms with van der Waals surface area (Å²) in [7, 11) is 0.